The highest BCUT2D eigenvalue weighted by atomic mass is 16.6. The van der Waals surface area contributed by atoms with Crippen molar-refractivity contribution < 1.29 is 47.7 Å². The average Bonchev–Trinajstić information content (AvgIpc) is 2.48. The second kappa shape index (κ2) is 8.04. The van der Waals surface area contributed by atoms with Crippen molar-refractivity contribution in [2.45, 2.75) is 0 Å². The van der Waals surface area contributed by atoms with Gasteiger partial charge in [0.2, 0.25) is 0 Å². The quantitative estimate of drug-likeness (QED) is 0.204. The fourth-order valence-corrected chi connectivity index (χ4v) is 1.14. The Bertz CT molecular complexity index is 520. The molecule has 0 atom stereocenters. The first kappa shape index (κ1) is 16.7. The van der Waals surface area contributed by atoms with Crippen LogP contribution in [-0.2, 0) is 38.1 Å². The maximum atomic E-state index is 11.4. The summed E-state index contributed by atoms with van der Waals surface area (Å²) < 4.78 is 17.9. The van der Waals surface area contributed by atoms with Crippen LogP contribution in [0.15, 0.2) is 0 Å². The van der Waals surface area contributed by atoms with E-state index in [4.69, 9.17) is 11.1 Å². The van der Waals surface area contributed by atoms with E-state index in [0.717, 1.165) is 0 Å². The second-order valence-electron chi connectivity index (χ2n) is 3.44. The predicted octanol–water partition coefficient (Wildman–Crippen LogP) is -2.49. The van der Waals surface area contributed by atoms with Gasteiger partial charge in [0.1, 0.15) is 26.4 Å². The van der Waals surface area contributed by atoms with Crippen LogP contribution in [0.3, 0.4) is 0 Å². The van der Waals surface area contributed by atoms with E-state index in [1.165, 1.54) is 0 Å². The summed E-state index contributed by atoms with van der Waals surface area (Å²) in [5, 5.41) is 0. The summed E-state index contributed by atoms with van der Waals surface area (Å²) in [7, 11) is 0. The van der Waals surface area contributed by atoms with Crippen LogP contribution in [0.25, 0.3) is 11.1 Å². The number of nitrogens with zero attached hydrogens (tertiary/aromatic N) is 4. The number of carbonyl (C=O) groups excluding carboxylic acids is 4. The summed E-state index contributed by atoms with van der Waals surface area (Å²) >= 11 is 0. The zero-order chi connectivity index (χ0) is 16.5. The van der Waals surface area contributed by atoms with Crippen molar-refractivity contribution in [3.8, 4) is 0 Å². The van der Waals surface area contributed by atoms with Crippen molar-refractivity contribution in [3.63, 3.8) is 0 Å². The van der Waals surface area contributed by atoms with E-state index in [1.54, 1.807) is 0 Å². The predicted molar refractivity (Wildman–Crippen MR) is 61.1 cm³/mol. The SMILES string of the molecule is [N-]=[N+]=C1C(=O)OCCOC(=O)C(=[N+]=[N-])C(=O)OCCOC1=O. The largest absolute Gasteiger partial charge is 0.482 e. The van der Waals surface area contributed by atoms with Crippen molar-refractivity contribution in [1.82, 2.24) is 0 Å². The van der Waals surface area contributed by atoms with Gasteiger partial charge in [0.15, 0.2) is 0 Å². The van der Waals surface area contributed by atoms with Crippen molar-refractivity contribution >= 4 is 35.3 Å². The number of esters is 4. The summed E-state index contributed by atoms with van der Waals surface area (Å²) in [6.45, 7) is -2.09. The molecule has 12 heteroatoms. The lowest BCUT2D eigenvalue weighted by atomic mass is 10.4. The molecule has 22 heavy (non-hydrogen) atoms. The first-order valence-electron chi connectivity index (χ1n) is 5.63. The number of cyclic esters (lactones) is 4. The van der Waals surface area contributed by atoms with Gasteiger partial charge in [-0.15, -0.1) is 0 Å². The van der Waals surface area contributed by atoms with E-state index in [9.17, 15) is 19.2 Å². The van der Waals surface area contributed by atoms with Gasteiger partial charge in [-0.3, -0.25) is 0 Å². The van der Waals surface area contributed by atoms with Crippen molar-refractivity contribution in [2.75, 3.05) is 26.4 Å². The smallest absolute Gasteiger partial charge is 0.453 e. The molecule has 12 nitrogen and oxygen atoms in total. The molecule has 0 N–H and O–H groups in total. The third-order valence-electron chi connectivity index (χ3n) is 2.07. The van der Waals surface area contributed by atoms with E-state index in [2.05, 4.69) is 28.5 Å². The van der Waals surface area contributed by atoms with E-state index in [-0.39, 0.29) is 0 Å². The van der Waals surface area contributed by atoms with E-state index < -0.39 is 61.7 Å². The van der Waals surface area contributed by atoms with E-state index in [1.807, 2.05) is 0 Å². The first-order valence-corrected chi connectivity index (χ1v) is 5.63. The van der Waals surface area contributed by atoms with Gasteiger partial charge in [0, 0.05) is 0 Å². The Hall–Kier alpha value is -3.36. The third kappa shape index (κ3) is 4.34. The number of hydrogen-bond acceptors (Lipinski definition) is 8. The van der Waals surface area contributed by atoms with Crippen LogP contribution in [0.5, 0.6) is 0 Å². The molecular formula is C10H8N4O8. The van der Waals surface area contributed by atoms with Crippen molar-refractivity contribution in [1.29, 1.82) is 0 Å². The lowest BCUT2D eigenvalue weighted by Crippen LogP contribution is -2.34. The zero-order valence-corrected chi connectivity index (χ0v) is 10.9. The summed E-state index contributed by atoms with van der Waals surface area (Å²) in [5.41, 5.74) is 15.1. The third-order valence-corrected chi connectivity index (χ3v) is 2.07. The molecule has 1 fully saturated rings. The average molecular weight is 312 g/mol. The highest BCUT2D eigenvalue weighted by Crippen LogP contribution is 1.93. The molecule has 0 bridgehead atoms. The molecule has 0 aromatic heterocycles. The molecule has 0 unspecified atom stereocenters. The van der Waals surface area contributed by atoms with Crippen LogP contribution in [0.4, 0.5) is 0 Å². The van der Waals surface area contributed by atoms with Gasteiger partial charge in [-0.05, 0) is 0 Å². The Morgan fingerprint density at radius 1 is 0.591 bits per heavy atom. The van der Waals surface area contributed by atoms with Crippen molar-refractivity contribution in [3.05, 3.63) is 11.1 Å². The summed E-state index contributed by atoms with van der Waals surface area (Å²) in [4.78, 5) is 50.4. The molecule has 1 heterocycles. The monoisotopic (exact) mass is 312 g/mol. The highest BCUT2D eigenvalue weighted by molar-refractivity contribution is 6.61. The maximum absolute atomic E-state index is 11.4. The standard InChI is InChI=1S/C10H8N4O8/c11-13-5-7(15)19-1-2-20-8(16)6(14-12)10(18)22-4-3-21-9(5)17/h1-4H2. The lowest BCUT2D eigenvalue weighted by Gasteiger charge is -2.06. The van der Waals surface area contributed by atoms with Crippen LogP contribution in [0.1, 0.15) is 0 Å². The number of ether oxygens (including phenoxy) is 4. The summed E-state index contributed by atoms with van der Waals surface area (Å²) in [6.07, 6.45) is 0. The molecule has 116 valence electrons. The summed E-state index contributed by atoms with van der Waals surface area (Å²) in [5.74, 6) is -5.25. The first-order chi connectivity index (χ1) is 10.5. The van der Waals surface area contributed by atoms with Gasteiger partial charge in [0.25, 0.3) is 0 Å². The van der Waals surface area contributed by atoms with Crippen LogP contribution < -0.4 is 0 Å². The van der Waals surface area contributed by atoms with Gasteiger partial charge < -0.3 is 30.0 Å². The van der Waals surface area contributed by atoms with Crippen molar-refractivity contribution in [2.24, 2.45) is 0 Å². The molecule has 0 aromatic rings. The molecule has 0 radical (unpaired) electrons. The van der Waals surface area contributed by atoms with E-state index in [0.29, 0.717) is 0 Å². The molecule has 0 aliphatic carbocycles. The van der Waals surface area contributed by atoms with Gasteiger partial charge in [-0.2, -0.15) is 9.58 Å². The molecule has 0 aromatic carbocycles. The van der Waals surface area contributed by atoms with Gasteiger partial charge in [-0.25, -0.2) is 19.2 Å². The minimum atomic E-state index is -1.31. The summed E-state index contributed by atoms with van der Waals surface area (Å²) in [6, 6.07) is 0. The molecule has 0 spiro atoms. The zero-order valence-electron chi connectivity index (χ0n) is 10.9. The Labute approximate surface area is 121 Å². The number of rotatable bonds is 0. The number of carbonyl (C=O) groups is 4. The topological polar surface area (TPSA) is 178 Å². The Morgan fingerprint density at radius 3 is 1.00 bits per heavy atom. The van der Waals surface area contributed by atoms with Gasteiger partial charge in [-0.1, -0.05) is 0 Å². The van der Waals surface area contributed by atoms with E-state index >= 15 is 0 Å². The second-order valence-corrected chi connectivity index (χ2v) is 3.44. The van der Waals surface area contributed by atoms with Gasteiger partial charge >= 0.3 is 35.3 Å². The maximum Gasteiger partial charge on any atom is 0.482 e. The molecule has 0 amide bonds. The van der Waals surface area contributed by atoms with Crippen LogP contribution in [0, 0.1) is 0 Å². The fourth-order valence-electron chi connectivity index (χ4n) is 1.14. The Balaban J connectivity index is 2.87. The fraction of sp³-hybridized carbons (Fsp3) is 0.400. The molecule has 0 saturated carbocycles. The highest BCUT2D eigenvalue weighted by Gasteiger charge is 2.36. The normalized spacial score (nSPS) is 18.0. The van der Waals surface area contributed by atoms with Crippen LogP contribution in [-0.4, -0.2) is 71.3 Å². The van der Waals surface area contributed by atoms with Crippen LogP contribution >= 0.6 is 0 Å². The molecule has 1 aliphatic rings. The molecule has 1 saturated heterocycles. The van der Waals surface area contributed by atoms with Gasteiger partial charge in [0.05, 0.1) is 0 Å². The number of hydrogen-bond donors (Lipinski definition) is 0. The minimum Gasteiger partial charge on any atom is -0.453 e. The minimum absolute atomic E-state index is 0.523. The Kier molecular flexibility index (Phi) is 6.10. The lowest BCUT2D eigenvalue weighted by molar-refractivity contribution is -0.158. The molecule has 1 rings (SSSR count). The molecule has 1 aliphatic heterocycles. The Morgan fingerprint density at radius 2 is 0.818 bits per heavy atom. The van der Waals surface area contributed by atoms with Crippen LogP contribution in [0.2, 0.25) is 0 Å². The molecular weight excluding hydrogens is 304 g/mol.